The molecule has 1 aliphatic rings. The molecule has 2 aromatic rings. The number of ether oxygens (including phenoxy) is 1. The number of nitrogens with zero attached hydrogens (tertiary/aromatic N) is 1. The maximum atomic E-state index is 13.0. The minimum atomic E-state index is -0.305. The summed E-state index contributed by atoms with van der Waals surface area (Å²) in [4.78, 5) is 25.8. The molecule has 1 fully saturated rings. The van der Waals surface area contributed by atoms with Gasteiger partial charge in [0.05, 0.1) is 6.61 Å². The van der Waals surface area contributed by atoms with Crippen molar-refractivity contribution in [2.75, 3.05) is 26.2 Å². The normalized spacial score (nSPS) is 15.7. The van der Waals surface area contributed by atoms with Crippen LogP contribution in [0.1, 0.15) is 47.7 Å². The van der Waals surface area contributed by atoms with Crippen LogP contribution in [0.2, 0.25) is 0 Å². The molecule has 31 heavy (non-hydrogen) atoms. The number of carbonyl (C=O) groups excluding carboxylic acids is 1. The quantitative estimate of drug-likeness (QED) is 0.618. The Morgan fingerprint density at radius 1 is 1.29 bits per heavy atom. The Kier molecular flexibility index (Phi) is 10.1. The van der Waals surface area contributed by atoms with Crippen molar-refractivity contribution in [1.29, 1.82) is 0 Å². The third kappa shape index (κ3) is 6.84. The van der Waals surface area contributed by atoms with Crippen LogP contribution in [0, 0.1) is 12.8 Å². The van der Waals surface area contributed by atoms with Crippen LogP contribution in [0.15, 0.2) is 41.3 Å². The summed E-state index contributed by atoms with van der Waals surface area (Å²) in [5, 5.41) is 6.30. The molecule has 1 aromatic heterocycles. The smallest absolute Gasteiger partial charge is 0.263 e. The molecule has 0 spiro atoms. The maximum absolute atomic E-state index is 13.0. The lowest BCUT2D eigenvalue weighted by molar-refractivity contribution is 0.0951. The molecular weight excluding hydrogens is 414 g/mol. The van der Waals surface area contributed by atoms with Crippen LogP contribution in [0.5, 0.6) is 5.75 Å². The van der Waals surface area contributed by atoms with Gasteiger partial charge in [-0.1, -0.05) is 25.1 Å². The molecule has 0 bridgehead atoms. The summed E-state index contributed by atoms with van der Waals surface area (Å²) in [5.41, 5.74) is 1.81. The zero-order valence-electron chi connectivity index (χ0n) is 18.5. The van der Waals surface area contributed by atoms with E-state index in [1.54, 1.807) is 4.57 Å². The molecular formula is C24H34ClN3O3. The van der Waals surface area contributed by atoms with E-state index in [4.69, 9.17) is 4.74 Å². The Labute approximate surface area is 190 Å². The number of piperidine rings is 1. The molecule has 1 unspecified atom stereocenters. The largest absolute Gasteiger partial charge is 0.493 e. The average Bonchev–Trinajstić information content (AvgIpc) is 2.76. The van der Waals surface area contributed by atoms with Crippen molar-refractivity contribution in [1.82, 2.24) is 15.2 Å². The fraction of sp³-hybridized carbons (Fsp3) is 0.500. The highest BCUT2D eigenvalue weighted by Gasteiger charge is 2.19. The van der Waals surface area contributed by atoms with Crippen LogP contribution in [0.4, 0.5) is 0 Å². The number of para-hydroxylation sites is 1. The van der Waals surface area contributed by atoms with E-state index in [2.05, 4.69) is 17.6 Å². The second-order valence-electron chi connectivity index (χ2n) is 8.01. The average molecular weight is 448 g/mol. The molecule has 1 amide bonds. The second kappa shape index (κ2) is 12.5. The van der Waals surface area contributed by atoms with Gasteiger partial charge in [-0.2, -0.15) is 0 Å². The molecule has 1 atom stereocenters. The standard InChI is InChI=1S/C24H33N3O3.ClH/c1-3-15-30-21-9-5-4-8-20(21)10-13-26-23(28)22-18(2)11-14-27(24(22)29)17-19-7-6-12-25-16-19;/h4-5,8-9,11,14,19,25H,3,6-7,10,12-13,15-17H2,1-2H3,(H,26,28);1H. The van der Waals surface area contributed by atoms with Crippen molar-refractivity contribution >= 4 is 18.3 Å². The first-order valence-corrected chi connectivity index (χ1v) is 11.0. The van der Waals surface area contributed by atoms with E-state index in [1.807, 2.05) is 43.5 Å². The van der Waals surface area contributed by atoms with Gasteiger partial charge in [0, 0.05) is 19.3 Å². The van der Waals surface area contributed by atoms with E-state index in [-0.39, 0.29) is 29.4 Å². The summed E-state index contributed by atoms with van der Waals surface area (Å²) in [7, 11) is 0. The fourth-order valence-electron chi connectivity index (χ4n) is 3.91. The maximum Gasteiger partial charge on any atom is 0.263 e. The van der Waals surface area contributed by atoms with Gasteiger partial charge in [0.15, 0.2) is 0 Å². The van der Waals surface area contributed by atoms with Gasteiger partial charge in [0.25, 0.3) is 11.5 Å². The number of hydrogen-bond acceptors (Lipinski definition) is 4. The number of rotatable bonds is 9. The SMILES string of the molecule is CCCOc1ccccc1CCNC(=O)c1c(C)ccn(CC2CCCNC2)c1=O.Cl. The van der Waals surface area contributed by atoms with Crippen molar-refractivity contribution in [2.24, 2.45) is 5.92 Å². The van der Waals surface area contributed by atoms with E-state index in [9.17, 15) is 9.59 Å². The van der Waals surface area contributed by atoms with Gasteiger partial charge in [-0.3, -0.25) is 9.59 Å². The molecule has 0 radical (unpaired) electrons. The number of nitrogens with one attached hydrogen (secondary N) is 2. The Hall–Kier alpha value is -2.31. The predicted octanol–water partition coefficient (Wildman–Crippen LogP) is 3.34. The highest BCUT2D eigenvalue weighted by atomic mass is 35.5. The molecule has 3 rings (SSSR count). The fourth-order valence-corrected chi connectivity index (χ4v) is 3.91. The van der Waals surface area contributed by atoms with Gasteiger partial charge in [-0.15, -0.1) is 12.4 Å². The predicted molar refractivity (Wildman–Crippen MR) is 127 cm³/mol. The Bertz CT molecular complexity index is 907. The summed E-state index contributed by atoms with van der Waals surface area (Å²) in [6, 6.07) is 9.74. The Morgan fingerprint density at radius 3 is 2.84 bits per heavy atom. The molecule has 0 aliphatic carbocycles. The molecule has 1 aliphatic heterocycles. The summed E-state index contributed by atoms with van der Waals surface area (Å²) < 4.78 is 7.47. The number of aromatic nitrogens is 1. The molecule has 2 heterocycles. The van der Waals surface area contributed by atoms with E-state index in [0.29, 0.717) is 37.6 Å². The first-order valence-electron chi connectivity index (χ1n) is 11.0. The van der Waals surface area contributed by atoms with Crippen LogP contribution in [0.25, 0.3) is 0 Å². The number of hydrogen-bond donors (Lipinski definition) is 2. The van der Waals surface area contributed by atoms with E-state index >= 15 is 0 Å². The molecule has 6 nitrogen and oxygen atoms in total. The van der Waals surface area contributed by atoms with Gasteiger partial charge in [0.1, 0.15) is 11.3 Å². The zero-order chi connectivity index (χ0) is 21.3. The molecule has 0 saturated carbocycles. The third-order valence-corrected chi connectivity index (χ3v) is 5.57. The first kappa shape index (κ1) is 25.0. The van der Waals surface area contributed by atoms with Crippen molar-refractivity contribution in [3.8, 4) is 5.75 Å². The number of halogens is 1. The van der Waals surface area contributed by atoms with Crippen molar-refractivity contribution in [3.63, 3.8) is 0 Å². The van der Waals surface area contributed by atoms with Gasteiger partial charge in [-0.05, 0) is 74.9 Å². The summed E-state index contributed by atoms with van der Waals surface area (Å²) in [6.07, 6.45) is 5.64. The molecule has 170 valence electrons. The zero-order valence-corrected chi connectivity index (χ0v) is 19.3. The van der Waals surface area contributed by atoms with Crippen molar-refractivity contribution < 1.29 is 9.53 Å². The first-order chi connectivity index (χ1) is 14.6. The number of pyridine rings is 1. The van der Waals surface area contributed by atoms with Gasteiger partial charge in [0.2, 0.25) is 0 Å². The lowest BCUT2D eigenvalue weighted by atomic mass is 9.99. The second-order valence-corrected chi connectivity index (χ2v) is 8.01. The summed E-state index contributed by atoms with van der Waals surface area (Å²) in [6.45, 7) is 7.61. The van der Waals surface area contributed by atoms with Crippen LogP contribution in [-0.4, -0.2) is 36.7 Å². The van der Waals surface area contributed by atoms with E-state index < -0.39 is 0 Å². The summed E-state index contributed by atoms with van der Waals surface area (Å²) in [5.74, 6) is 0.975. The van der Waals surface area contributed by atoms with E-state index in [0.717, 1.165) is 43.7 Å². The van der Waals surface area contributed by atoms with Gasteiger partial charge >= 0.3 is 0 Å². The lowest BCUT2D eigenvalue weighted by Gasteiger charge is -2.23. The van der Waals surface area contributed by atoms with Crippen LogP contribution >= 0.6 is 12.4 Å². The molecule has 7 heteroatoms. The van der Waals surface area contributed by atoms with Gasteiger partial charge in [-0.25, -0.2) is 0 Å². The Balaban J connectivity index is 0.00000341. The number of aryl methyl sites for hydroxylation is 1. The minimum absolute atomic E-state index is 0. The highest BCUT2D eigenvalue weighted by molar-refractivity contribution is 5.95. The van der Waals surface area contributed by atoms with Crippen LogP contribution in [-0.2, 0) is 13.0 Å². The summed E-state index contributed by atoms with van der Waals surface area (Å²) >= 11 is 0. The topological polar surface area (TPSA) is 72.4 Å². The highest BCUT2D eigenvalue weighted by Crippen LogP contribution is 2.18. The van der Waals surface area contributed by atoms with Crippen molar-refractivity contribution in [2.45, 2.75) is 46.1 Å². The van der Waals surface area contributed by atoms with E-state index in [1.165, 1.54) is 0 Å². The van der Waals surface area contributed by atoms with Crippen molar-refractivity contribution in [3.05, 3.63) is 63.6 Å². The Morgan fingerprint density at radius 2 is 2.10 bits per heavy atom. The van der Waals surface area contributed by atoms with Crippen LogP contribution < -0.4 is 20.9 Å². The minimum Gasteiger partial charge on any atom is -0.493 e. The number of carbonyl (C=O) groups is 1. The third-order valence-electron chi connectivity index (χ3n) is 5.57. The monoisotopic (exact) mass is 447 g/mol. The van der Waals surface area contributed by atoms with Crippen LogP contribution in [0.3, 0.4) is 0 Å². The number of amides is 1. The molecule has 1 aromatic carbocycles. The molecule has 1 saturated heterocycles. The molecule has 2 N–H and O–H groups in total. The van der Waals surface area contributed by atoms with Gasteiger partial charge < -0.3 is 19.9 Å². The lowest BCUT2D eigenvalue weighted by Crippen LogP contribution is -2.38. The number of benzene rings is 1.